The molecule has 106 valence electrons. The second-order valence-corrected chi connectivity index (χ2v) is 5.10. The minimum Gasteiger partial charge on any atom is -0.277 e. The van der Waals surface area contributed by atoms with Gasteiger partial charge >= 0.3 is 5.69 Å². The molecule has 0 aliphatic carbocycles. The number of halogens is 1. The third-order valence-electron chi connectivity index (χ3n) is 3.18. The van der Waals surface area contributed by atoms with Crippen molar-refractivity contribution in [1.82, 2.24) is 19.3 Å². The van der Waals surface area contributed by atoms with E-state index in [1.54, 1.807) is 25.4 Å². The van der Waals surface area contributed by atoms with Crippen LogP contribution in [0.1, 0.15) is 5.56 Å². The van der Waals surface area contributed by atoms with Crippen molar-refractivity contribution in [3.63, 3.8) is 0 Å². The predicted octanol–water partition coefficient (Wildman–Crippen LogP) is 2.35. The highest BCUT2D eigenvalue weighted by Crippen LogP contribution is 2.12. The second-order valence-electron chi connectivity index (χ2n) is 4.66. The first kappa shape index (κ1) is 13.6. The van der Waals surface area contributed by atoms with Gasteiger partial charge in [-0.2, -0.15) is 0 Å². The molecule has 0 fully saturated rings. The van der Waals surface area contributed by atoms with E-state index >= 15 is 0 Å². The van der Waals surface area contributed by atoms with E-state index in [0.717, 1.165) is 5.56 Å². The highest BCUT2D eigenvalue weighted by Gasteiger charge is 2.12. The van der Waals surface area contributed by atoms with Gasteiger partial charge in [0.25, 0.3) is 0 Å². The van der Waals surface area contributed by atoms with Gasteiger partial charge in [-0.15, -0.1) is 5.10 Å². The van der Waals surface area contributed by atoms with Crippen molar-refractivity contribution in [1.29, 1.82) is 0 Å². The Morgan fingerprint density at radius 2 is 1.90 bits per heavy atom. The summed E-state index contributed by atoms with van der Waals surface area (Å²) >= 11 is 5.86. The maximum Gasteiger partial charge on any atom is 0.346 e. The third kappa shape index (κ3) is 2.73. The van der Waals surface area contributed by atoms with Crippen molar-refractivity contribution in [3.05, 3.63) is 69.7 Å². The van der Waals surface area contributed by atoms with E-state index in [-0.39, 0.29) is 5.69 Å². The average Bonchev–Trinajstić information content (AvgIpc) is 2.79. The van der Waals surface area contributed by atoms with Crippen molar-refractivity contribution >= 4 is 11.6 Å². The van der Waals surface area contributed by atoms with Crippen LogP contribution in [-0.4, -0.2) is 19.3 Å². The number of hydrogen-bond donors (Lipinski definition) is 0. The monoisotopic (exact) mass is 300 g/mol. The van der Waals surface area contributed by atoms with Gasteiger partial charge in [0, 0.05) is 18.3 Å². The standard InChI is InChI=1S/C15H13ClN4O/c1-19-14(13-4-2-3-9-17-13)18-20(15(19)21)10-11-5-7-12(16)8-6-11/h2-9H,10H2,1H3. The van der Waals surface area contributed by atoms with Crippen LogP contribution in [0.25, 0.3) is 11.5 Å². The van der Waals surface area contributed by atoms with Gasteiger partial charge in [-0.3, -0.25) is 9.55 Å². The Hall–Kier alpha value is -2.40. The second kappa shape index (κ2) is 5.54. The summed E-state index contributed by atoms with van der Waals surface area (Å²) in [5, 5.41) is 5.04. The smallest absolute Gasteiger partial charge is 0.277 e. The molecule has 0 amide bonds. The lowest BCUT2D eigenvalue weighted by atomic mass is 10.2. The Balaban J connectivity index is 1.98. The van der Waals surface area contributed by atoms with Crippen molar-refractivity contribution in [2.24, 2.45) is 7.05 Å². The third-order valence-corrected chi connectivity index (χ3v) is 3.43. The van der Waals surface area contributed by atoms with Crippen LogP contribution in [0.3, 0.4) is 0 Å². The molecule has 0 saturated heterocycles. The average molecular weight is 301 g/mol. The minimum atomic E-state index is -0.175. The quantitative estimate of drug-likeness (QED) is 0.746. The summed E-state index contributed by atoms with van der Waals surface area (Å²) in [5.74, 6) is 0.551. The van der Waals surface area contributed by atoms with Crippen LogP contribution < -0.4 is 5.69 Å². The molecule has 0 N–H and O–H groups in total. The molecule has 0 atom stereocenters. The molecule has 5 nitrogen and oxygen atoms in total. The summed E-state index contributed by atoms with van der Waals surface area (Å²) in [6, 6.07) is 12.9. The van der Waals surface area contributed by atoms with E-state index in [1.807, 2.05) is 30.3 Å². The highest BCUT2D eigenvalue weighted by atomic mass is 35.5. The Labute approximate surface area is 126 Å². The fourth-order valence-electron chi connectivity index (χ4n) is 2.07. The molecule has 3 rings (SSSR count). The van der Waals surface area contributed by atoms with Crippen LogP contribution >= 0.6 is 11.6 Å². The minimum absolute atomic E-state index is 0.175. The summed E-state index contributed by atoms with van der Waals surface area (Å²) in [4.78, 5) is 16.5. The molecule has 0 aliphatic rings. The molecule has 1 aromatic carbocycles. The first-order valence-corrected chi connectivity index (χ1v) is 6.82. The molecule has 0 radical (unpaired) electrons. The lowest BCUT2D eigenvalue weighted by Gasteiger charge is -2.00. The maximum absolute atomic E-state index is 12.2. The molecule has 0 saturated carbocycles. The number of benzene rings is 1. The van der Waals surface area contributed by atoms with Gasteiger partial charge in [0.1, 0.15) is 5.69 Å². The van der Waals surface area contributed by atoms with E-state index in [1.165, 1.54) is 9.25 Å². The van der Waals surface area contributed by atoms with Gasteiger partial charge in [-0.1, -0.05) is 29.8 Å². The lowest BCUT2D eigenvalue weighted by molar-refractivity contribution is 0.647. The Kier molecular flexibility index (Phi) is 3.58. The van der Waals surface area contributed by atoms with Gasteiger partial charge in [0.2, 0.25) is 0 Å². The molecule has 0 unspecified atom stereocenters. The van der Waals surface area contributed by atoms with E-state index in [4.69, 9.17) is 11.6 Å². The lowest BCUT2D eigenvalue weighted by Crippen LogP contribution is -2.23. The summed E-state index contributed by atoms with van der Waals surface area (Å²) in [5.41, 5.74) is 1.46. The zero-order chi connectivity index (χ0) is 14.8. The first-order valence-electron chi connectivity index (χ1n) is 6.45. The van der Waals surface area contributed by atoms with Gasteiger partial charge in [-0.05, 0) is 29.8 Å². The molecule has 0 bridgehead atoms. The maximum atomic E-state index is 12.2. The summed E-state index contributed by atoms with van der Waals surface area (Å²) in [6.07, 6.45) is 1.68. The molecule has 6 heteroatoms. The number of hydrogen-bond acceptors (Lipinski definition) is 3. The normalized spacial score (nSPS) is 10.8. The van der Waals surface area contributed by atoms with Crippen LogP contribution in [-0.2, 0) is 13.6 Å². The van der Waals surface area contributed by atoms with E-state index in [0.29, 0.717) is 23.1 Å². The van der Waals surface area contributed by atoms with E-state index in [2.05, 4.69) is 10.1 Å². The fourth-order valence-corrected chi connectivity index (χ4v) is 2.20. The molecular weight excluding hydrogens is 288 g/mol. The van der Waals surface area contributed by atoms with Gasteiger partial charge < -0.3 is 0 Å². The molecular formula is C15H13ClN4O. The van der Waals surface area contributed by atoms with Gasteiger partial charge in [0.05, 0.1) is 6.54 Å². The Morgan fingerprint density at radius 1 is 1.14 bits per heavy atom. The highest BCUT2D eigenvalue weighted by molar-refractivity contribution is 6.30. The van der Waals surface area contributed by atoms with Crippen LogP contribution in [0.2, 0.25) is 5.02 Å². The van der Waals surface area contributed by atoms with Crippen molar-refractivity contribution in [2.45, 2.75) is 6.54 Å². The molecule has 0 aliphatic heterocycles. The number of rotatable bonds is 3. The van der Waals surface area contributed by atoms with Crippen molar-refractivity contribution < 1.29 is 0 Å². The van der Waals surface area contributed by atoms with E-state index < -0.39 is 0 Å². The molecule has 3 aromatic rings. The van der Waals surface area contributed by atoms with Crippen molar-refractivity contribution in [2.75, 3.05) is 0 Å². The van der Waals surface area contributed by atoms with Crippen LogP contribution in [0.15, 0.2) is 53.5 Å². The van der Waals surface area contributed by atoms with Crippen LogP contribution in [0, 0.1) is 0 Å². The topological polar surface area (TPSA) is 52.7 Å². The fraction of sp³-hybridized carbons (Fsp3) is 0.133. The van der Waals surface area contributed by atoms with Gasteiger partial charge in [0.15, 0.2) is 5.82 Å². The predicted molar refractivity (Wildman–Crippen MR) is 81.3 cm³/mol. The number of pyridine rings is 1. The molecule has 2 aromatic heterocycles. The van der Waals surface area contributed by atoms with E-state index in [9.17, 15) is 4.79 Å². The molecule has 2 heterocycles. The van der Waals surface area contributed by atoms with Crippen molar-refractivity contribution in [3.8, 4) is 11.5 Å². The zero-order valence-corrected chi connectivity index (χ0v) is 12.2. The SMILES string of the molecule is Cn1c(-c2ccccn2)nn(Cc2ccc(Cl)cc2)c1=O. The van der Waals surface area contributed by atoms with Crippen LogP contribution in [0.4, 0.5) is 0 Å². The first-order chi connectivity index (χ1) is 10.1. The molecule has 0 spiro atoms. The van der Waals surface area contributed by atoms with Crippen LogP contribution in [0.5, 0.6) is 0 Å². The zero-order valence-electron chi connectivity index (χ0n) is 11.4. The largest absolute Gasteiger partial charge is 0.346 e. The van der Waals surface area contributed by atoms with Gasteiger partial charge in [-0.25, -0.2) is 9.48 Å². The number of nitrogens with zero attached hydrogens (tertiary/aromatic N) is 4. The summed E-state index contributed by atoms with van der Waals surface area (Å²) in [7, 11) is 1.69. The summed E-state index contributed by atoms with van der Waals surface area (Å²) < 4.78 is 2.92. The summed E-state index contributed by atoms with van der Waals surface area (Å²) in [6.45, 7) is 0.399. The Bertz CT molecular complexity index is 806. The molecule has 21 heavy (non-hydrogen) atoms. The Morgan fingerprint density at radius 3 is 2.57 bits per heavy atom. The number of aromatic nitrogens is 4.